The molecule has 2 aliphatic rings. The maximum absolute atomic E-state index is 12.4. The molecule has 1 N–H and O–H groups in total. The van der Waals surface area contributed by atoms with Gasteiger partial charge in [-0.05, 0) is 31.0 Å². The largest absolute Gasteiger partial charge is 0.367 e. The van der Waals surface area contributed by atoms with Gasteiger partial charge >= 0.3 is 6.03 Å². The van der Waals surface area contributed by atoms with Gasteiger partial charge in [-0.2, -0.15) is 0 Å². The topological polar surface area (TPSA) is 38.8 Å². The number of hydrogen-bond donors (Lipinski definition) is 1. The lowest BCUT2D eigenvalue weighted by molar-refractivity contribution is 0.192. The average molecular weight is 363 g/mol. The van der Waals surface area contributed by atoms with Crippen LogP contribution in [-0.4, -0.2) is 68.2 Å². The van der Waals surface area contributed by atoms with E-state index in [9.17, 15) is 4.79 Å². The van der Waals surface area contributed by atoms with E-state index in [2.05, 4.69) is 21.7 Å². The SMILES string of the molecule is C=CCN1CC[C@H](CNC(=O)N2CCN(c3ccccc3Cl)CC2)C1. The van der Waals surface area contributed by atoms with Crippen LogP contribution in [0.2, 0.25) is 5.02 Å². The second kappa shape index (κ2) is 8.59. The van der Waals surface area contributed by atoms with Gasteiger partial charge in [0.1, 0.15) is 0 Å². The lowest BCUT2D eigenvalue weighted by atomic mass is 10.1. The summed E-state index contributed by atoms with van der Waals surface area (Å²) < 4.78 is 0. The van der Waals surface area contributed by atoms with E-state index in [0.717, 1.165) is 69.5 Å². The predicted molar refractivity (Wildman–Crippen MR) is 103 cm³/mol. The number of nitrogens with one attached hydrogen (secondary N) is 1. The number of anilines is 1. The average Bonchev–Trinajstić information content (AvgIpc) is 3.08. The van der Waals surface area contributed by atoms with Gasteiger partial charge in [0.05, 0.1) is 10.7 Å². The van der Waals surface area contributed by atoms with Crippen molar-refractivity contribution in [2.45, 2.75) is 6.42 Å². The van der Waals surface area contributed by atoms with E-state index in [-0.39, 0.29) is 6.03 Å². The highest BCUT2D eigenvalue weighted by molar-refractivity contribution is 6.33. The number of piperazine rings is 1. The summed E-state index contributed by atoms with van der Waals surface area (Å²) in [6.45, 7) is 10.7. The first-order chi connectivity index (χ1) is 12.2. The van der Waals surface area contributed by atoms with Gasteiger partial charge in [0.2, 0.25) is 0 Å². The molecular formula is C19H27ClN4O. The van der Waals surface area contributed by atoms with Crippen LogP contribution < -0.4 is 10.2 Å². The third kappa shape index (κ3) is 4.67. The van der Waals surface area contributed by atoms with Crippen molar-refractivity contribution in [2.75, 3.05) is 57.3 Å². The number of likely N-dealkylation sites (tertiary alicyclic amines) is 1. The Labute approximate surface area is 155 Å². The molecule has 0 radical (unpaired) electrons. The minimum absolute atomic E-state index is 0.0565. The van der Waals surface area contributed by atoms with Gasteiger partial charge in [-0.25, -0.2) is 4.79 Å². The van der Waals surface area contributed by atoms with Crippen molar-refractivity contribution in [3.05, 3.63) is 41.9 Å². The summed E-state index contributed by atoms with van der Waals surface area (Å²) in [6.07, 6.45) is 3.09. The molecule has 25 heavy (non-hydrogen) atoms. The number of carbonyl (C=O) groups excluding carboxylic acids is 1. The van der Waals surface area contributed by atoms with Crippen LogP contribution in [0.4, 0.5) is 10.5 Å². The molecule has 0 aromatic heterocycles. The summed E-state index contributed by atoms with van der Waals surface area (Å²) in [6, 6.07) is 7.94. The number of benzene rings is 1. The van der Waals surface area contributed by atoms with Crippen LogP contribution in [0.15, 0.2) is 36.9 Å². The zero-order valence-electron chi connectivity index (χ0n) is 14.7. The van der Waals surface area contributed by atoms with Crippen molar-refractivity contribution in [1.82, 2.24) is 15.1 Å². The minimum Gasteiger partial charge on any atom is -0.367 e. The molecule has 0 aliphatic carbocycles. The molecule has 1 atom stereocenters. The second-order valence-electron chi connectivity index (χ2n) is 6.81. The number of rotatable bonds is 5. The summed E-state index contributed by atoms with van der Waals surface area (Å²) in [5, 5.41) is 3.88. The summed E-state index contributed by atoms with van der Waals surface area (Å²) in [4.78, 5) is 18.9. The molecule has 3 rings (SSSR count). The number of para-hydroxylation sites is 1. The van der Waals surface area contributed by atoms with Gasteiger partial charge in [-0.15, -0.1) is 6.58 Å². The molecule has 2 amide bonds. The van der Waals surface area contributed by atoms with Crippen LogP contribution in [0.5, 0.6) is 0 Å². The molecule has 2 aliphatic heterocycles. The summed E-state index contributed by atoms with van der Waals surface area (Å²) >= 11 is 6.27. The quantitative estimate of drug-likeness (QED) is 0.818. The number of urea groups is 1. The highest BCUT2D eigenvalue weighted by Gasteiger charge is 2.25. The Bertz CT molecular complexity index is 601. The molecule has 6 heteroatoms. The van der Waals surface area contributed by atoms with Crippen molar-refractivity contribution < 1.29 is 4.79 Å². The Balaban J connectivity index is 1.41. The number of nitrogens with zero attached hydrogens (tertiary/aromatic N) is 3. The van der Waals surface area contributed by atoms with Gasteiger partial charge in [0.15, 0.2) is 0 Å². The second-order valence-corrected chi connectivity index (χ2v) is 7.22. The molecule has 2 heterocycles. The molecule has 5 nitrogen and oxygen atoms in total. The fraction of sp³-hybridized carbons (Fsp3) is 0.526. The lowest BCUT2D eigenvalue weighted by Gasteiger charge is -2.36. The number of hydrogen-bond acceptors (Lipinski definition) is 3. The van der Waals surface area contributed by atoms with Gasteiger partial charge in [0, 0.05) is 45.8 Å². The van der Waals surface area contributed by atoms with Crippen LogP contribution in [-0.2, 0) is 0 Å². The standard InChI is InChI=1S/C19H27ClN4O/c1-2-8-22-9-7-16(15-22)14-21-19(25)24-12-10-23(11-13-24)18-6-4-3-5-17(18)20/h2-6,16H,1,7-15H2,(H,21,25)/t16-/m1/s1. The van der Waals surface area contributed by atoms with E-state index >= 15 is 0 Å². The summed E-state index contributed by atoms with van der Waals surface area (Å²) in [5.41, 5.74) is 1.05. The maximum Gasteiger partial charge on any atom is 0.317 e. The minimum atomic E-state index is 0.0565. The van der Waals surface area contributed by atoms with Crippen molar-refractivity contribution >= 4 is 23.3 Å². The summed E-state index contributed by atoms with van der Waals surface area (Å²) in [5.74, 6) is 0.549. The third-order valence-electron chi connectivity index (χ3n) is 5.06. The highest BCUT2D eigenvalue weighted by atomic mass is 35.5. The molecular weight excluding hydrogens is 336 g/mol. The van der Waals surface area contributed by atoms with E-state index < -0.39 is 0 Å². The first-order valence-corrected chi connectivity index (χ1v) is 9.40. The Morgan fingerprint density at radius 3 is 2.72 bits per heavy atom. The Morgan fingerprint density at radius 2 is 2.00 bits per heavy atom. The van der Waals surface area contributed by atoms with Crippen LogP contribution in [0.25, 0.3) is 0 Å². The van der Waals surface area contributed by atoms with Crippen molar-refractivity contribution in [3.8, 4) is 0 Å². The van der Waals surface area contributed by atoms with E-state index in [1.807, 2.05) is 35.2 Å². The Kier molecular flexibility index (Phi) is 6.21. The fourth-order valence-corrected chi connectivity index (χ4v) is 3.89. The molecule has 1 aromatic carbocycles. The van der Waals surface area contributed by atoms with Crippen molar-refractivity contribution in [2.24, 2.45) is 5.92 Å². The van der Waals surface area contributed by atoms with E-state index in [1.54, 1.807) is 0 Å². The molecule has 136 valence electrons. The highest BCUT2D eigenvalue weighted by Crippen LogP contribution is 2.26. The first-order valence-electron chi connectivity index (χ1n) is 9.03. The number of carbonyl (C=O) groups is 1. The molecule has 0 bridgehead atoms. The van der Waals surface area contributed by atoms with Crippen molar-refractivity contribution in [1.29, 1.82) is 0 Å². The van der Waals surface area contributed by atoms with Gasteiger partial charge in [-0.3, -0.25) is 4.90 Å². The Hall–Kier alpha value is -1.72. The van der Waals surface area contributed by atoms with E-state index in [0.29, 0.717) is 5.92 Å². The van der Waals surface area contributed by atoms with Crippen LogP contribution in [0, 0.1) is 5.92 Å². The molecule has 1 aromatic rings. The van der Waals surface area contributed by atoms with Gasteiger partial charge in [-0.1, -0.05) is 29.8 Å². The zero-order chi connectivity index (χ0) is 17.6. The molecule has 2 fully saturated rings. The zero-order valence-corrected chi connectivity index (χ0v) is 15.4. The van der Waals surface area contributed by atoms with Crippen LogP contribution in [0.3, 0.4) is 0 Å². The monoisotopic (exact) mass is 362 g/mol. The molecule has 0 saturated carbocycles. The van der Waals surface area contributed by atoms with E-state index in [1.165, 1.54) is 0 Å². The fourth-order valence-electron chi connectivity index (χ4n) is 3.63. The van der Waals surface area contributed by atoms with Gasteiger partial charge < -0.3 is 15.1 Å². The van der Waals surface area contributed by atoms with E-state index in [4.69, 9.17) is 11.6 Å². The Morgan fingerprint density at radius 1 is 1.24 bits per heavy atom. The normalized spacial score (nSPS) is 21.4. The number of amides is 2. The molecule has 0 unspecified atom stereocenters. The molecule has 0 spiro atoms. The third-order valence-corrected chi connectivity index (χ3v) is 5.38. The maximum atomic E-state index is 12.4. The van der Waals surface area contributed by atoms with Crippen LogP contribution >= 0.6 is 11.6 Å². The predicted octanol–water partition coefficient (Wildman–Crippen LogP) is 2.68. The van der Waals surface area contributed by atoms with Crippen molar-refractivity contribution in [3.63, 3.8) is 0 Å². The lowest BCUT2D eigenvalue weighted by Crippen LogP contribution is -2.52. The summed E-state index contributed by atoms with van der Waals surface area (Å²) in [7, 11) is 0. The first kappa shape index (κ1) is 18.1. The molecule has 2 saturated heterocycles. The number of halogens is 1. The van der Waals surface area contributed by atoms with Gasteiger partial charge in [0.25, 0.3) is 0 Å². The smallest absolute Gasteiger partial charge is 0.317 e. The van der Waals surface area contributed by atoms with Crippen LogP contribution in [0.1, 0.15) is 6.42 Å².